The highest BCUT2D eigenvalue weighted by molar-refractivity contribution is 5.71. The van der Waals surface area contributed by atoms with Crippen molar-refractivity contribution in [3.8, 4) is 0 Å². The fourth-order valence-corrected chi connectivity index (χ4v) is 2.30. The van der Waals surface area contributed by atoms with E-state index >= 15 is 0 Å². The molecule has 0 rings (SSSR count). The average Bonchev–Trinajstić information content (AvgIpc) is 2.42. The summed E-state index contributed by atoms with van der Waals surface area (Å²) in [4.78, 5) is 11.4. The molecule has 132 valence electrons. The van der Waals surface area contributed by atoms with Gasteiger partial charge in [0.05, 0.1) is 0 Å². The Kier molecular flexibility index (Phi) is 13.6. The molecule has 0 aliphatic heterocycles. The second kappa shape index (κ2) is 14.0. The molecule has 4 heteroatoms. The summed E-state index contributed by atoms with van der Waals surface area (Å²) in [5.74, 6) is -0.219. The van der Waals surface area contributed by atoms with Gasteiger partial charge in [-0.15, -0.1) is 0 Å². The van der Waals surface area contributed by atoms with Crippen LogP contribution in [0.4, 0.5) is 0 Å². The molecule has 4 nitrogen and oxygen atoms in total. The van der Waals surface area contributed by atoms with Gasteiger partial charge in [0.2, 0.25) is 0 Å². The first-order chi connectivity index (χ1) is 10.5. The molecule has 22 heavy (non-hydrogen) atoms. The summed E-state index contributed by atoms with van der Waals surface area (Å²) in [6.45, 7) is 9.01. The molecule has 0 atom stereocenters. The standard InChI is InChI=1S/C18H38N2O2/c1-5-6-7-8-9-10-11-12-13-14-15-19-20-16-17(21)22-18(2,3)4/h19-20H,5-16H2,1-4H3. The third-order valence-electron chi connectivity index (χ3n) is 3.43. The highest BCUT2D eigenvalue weighted by Gasteiger charge is 2.15. The molecule has 0 fully saturated rings. The minimum Gasteiger partial charge on any atom is -0.459 e. The van der Waals surface area contributed by atoms with E-state index in [2.05, 4.69) is 17.8 Å². The SMILES string of the molecule is CCCCCCCCCCCCNNCC(=O)OC(C)(C)C. The number of hydrogen-bond donors (Lipinski definition) is 2. The Morgan fingerprint density at radius 2 is 1.32 bits per heavy atom. The minimum absolute atomic E-state index is 0.217. The topological polar surface area (TPSA) is 50.4 Å². The van der Waals surface area contributed by atoms with Crippen molar-refractivity contribution in [1.29, 1.82) is 0 Å². The second-order valence-corrected chi connectivity index (χ2v) is 7.05. The van der Waals surface area contributed by atoms with Crippen molar-refractivity contribution in [2.24, 2.45) is 0 Å². The monoisotopic (exact) mass is 314 g/mol. The van der Waals surface area contributed by atoms with Crippen LogP contribution in [-0.4, -0.2) is 24.7 Å². The number of hydrazine groups is 1. The minimum atomic E-state index is -0.407. The van der Waals surface area contributed by atoms with Crippen LogP contribution in [0.15, 0.2) is 0 Å². The smallest absolute Gasteiger partial charge is 0.321 e. The lowest BCUT2D eigenvalue weighted by Crippen LogP contribution is -2.39. The molecule has 0 saturated heterocycles. The number of rotatable bonds is 14. The van der Waals surface area contributed by atoms with Crippen LogP contribution in [0.2, 0.25) is 0 Å². The summed E-state index contributed by atoms with van der Waals surface area (Å²) in [5.41, 5.74) is 5.58. The van der Waals surface area contributed by atoms with E-state index in [4.69, 9.17) is 4.74 Å². The van der Waals surface area contributed by atoms with Crippen molar-refractivity contribution in [2.45, 2.75) is 97.5 Å². The molecule has 0 bridgehead atoms. The van der Waals surface area contributed by atoms with Crippen LogP contribution in [0, 0.1) is 0 Å². The van der Waals surface area contributed by atoms with Gasteiger partial charge in [0.1, 0.15) is 12.1 Å². The molecule has 0 aromatic heterocycles. The highest BCUT2D eigenvalue weighted by Crippen LogP contribution is 2.10. The van der Waals surface area contributed by atoms with Gasteiger partial charge in [0.25, 0.3) is 0 Å². The lowest BCUT2D eigenvalue weighted by Gasteiger charge is -2.19. The number of ether oxygens (including phenoxy) is 1. The number of unbranched alkanes of at least 4 members (excludes halogenated alkanes) is 9. The van der Waals surface area contributed by atoms with Crippen molar-refractivity contribution in [3.63, 3.8) is 0 Å². The third-order valence-corrected chi connectivity index (χ3v) is 3.43. The van der Waals surface area contributed by atoms with Crippen LogP contribution in [0.1, 0.15) is 91.9 Å². The van der Waals surface area contributed by atoms with Crippen molar-refractivity contribution in [3.05, 3.63) is 0 Å². The largest absolute Gasteiger partial charge is 0.459 e. The number of hydrogen-bond acceptors (Lipinski definition) is 4. The Balaban J connectivity index is 3.16. The van der Waals surface area contributed by atoms with Crippen molar-refractivity contribution < 1.29 is 9.53 Å². The van der Waals surface area contributed by atoms with Crippen LogP contribution in [0.3, 0.4) is 0 Å². The van der Waals surface area contributed by atoms with Gasteiger partial charge in [-0.2, -0.15) is 0 Å². The molecule has 0 aliphatic carbocycles. The fraction of sp³-hybridized carbons (Fsp3) is 0.944. The summed E-state index contributed by atoms with van der Waals surface area (Å²) in [7, 11) is 0. The Labute approximate surface area is 137 Å². The molecule has 0 aromatic carbocycles. The second-order valence-electron chi connectivity index (χ2n) is 7.05. The Morgan fingerprint density at radius 3 is 1.82 bits per heavy atom. The van der Waals surface area contributed by atoms with E-state index in [9.17, 15) is 4.79 Å². The number of carbonyl (C=O) groups is 1. The Hall–Kier alpha value is -0.610. The van der Waals surface area contributed by atoms with Crippen LogP contribution in [0.5, 0.6) is 0 Å². The number of esters is 1. The van der Waals surface area contributed by atoms with E-state index in [1.165, 1.54) is 57.8 Å². The Morgan fingerprint density at radius 1 is 0.818 bits per heavy atom. The van der Waals surface area contributed by atoms with E-state index in [1.54, 1.807) is 0 Å². The van der Waals surface area contributed by atoms with E-state index < -0.39 is 5.60 Å². The number of carbonyl (C=O) groups excluding carboxylic acids is 1. The maximum atomic E-state index is 11.4. The molecule has 0 radical (unpaired) electrons. The van der Waals surface area contributed by atoms with Gasteiger partial charge < -0.3 is 4.74 Å². The van der Waals surface area contributed by atoms with Gasteiger partial charge in [-0.05, 0) is 27.2 Å². The van der Waals surface area contributed by atoms with Crippen molar-refractivity contribution in [1.82, 2.24) is 10.9 Å². The fourth-order valence-electron chi connectivity index (χ4n) is 2.30. The molecule has 0 heterocycles. The maximum Gasteiger partial charge on any atom is 0.321 e. The van der Waals surface area contributed by atoms with E-state index in [1.807, 2.05) is 20.8 Å². The maximum absolute atomic E-state index is 11.4. The zero-order valence-corrected chi connectivity index (χ0v) is 15.3. The van der Waals surface area contributed by atoms with Gasteiger partial charge in [-0.25, -0.2) is 5.43 Å². The zero-order valence-electron chi connectivity index (χ0n) is 15.3. The van der Waals surface area contributed by atoms with Crippen molar-refractivity contribution >= 4 is 5.97 Å². The quantitative estimate of drug-likeness (QED) is 0.284. The molecule has 0 amide bonds. The number of nitrogens with one attached hydrogen (secondary N) is 2. The molecular weight excluding hydrogens is 276 g/mol. The summed E-state index contributed by atoms with van der Waals surface area (Å²) < 4.78 is 5.20. The van der Waals surface area contributed by atoms with E-state index in [0.29, 0.717) is 0 Å². The van der Waals surface area contributed by atoms with Gasteiger partial charge in [0.15, 0.2) is 0 Å². The van der Waals surface area contributed by atoms with E-state index in [0.717, 1.165) is 13.0 Å². The normalized spacial score (nSPS) is 11.6. The molecule has 0 saturated carbocycles. The first-order valence-electron chi connectivity index (χ1n) is 9.13. The molecule has 0 aliphatic rings. The molecule has 0 aromatic rings. The lowest BCUT2D eigenvalue weighted by molar-refractivity contribution is -0.153. The molecule has 2 N–H and O–H groups in total. The van der Waals surface area contributed by atoms with Crippen LogP contribution in [0.25, 0.3) is 0 Å². The van der Waals surface area contributed by atoms with Gasteiger partial charge in [-0.3, -0.25) is 10.2 Å². The molecule has 0 spiro atoms. The lowest BCUT2D eigenvalue weighted by atomic mass is 10.1. The molecule has 0 unspecified atom stereocenters. The van der Waals surface area contributed by atoms with Gasteiger partial charge in [0, 0.05) is 6.54 Å². The summed E-state index contributed by atoms with van der Waals surface area (Å²) >= 11 is 0. The summed E-state index contributed by atoms with van der Waals surface area (Å²) in [6.07, 6.45) is 13.4. The van der Waals surface area contributed by atoms with Crippen molar-refractivity contribution in [2.75, 3.05) is 13.1 Å². The van der Waals surface area contributed by atoms with Gasteiger partial charge >= 0.3 is 5.97 Å². The average molecular weight is 315 g/mol. The third kappa shape index (κ3) is 17.4. The predicted molar refractivity (Wildman–Crippen MR) is 93.7 cm³/mol. The predicted octanol–water partition coefficient (Wildman–Crippen LogP) is 4.34. The van der Waals surface area contributed by atoms with E-state index in [-0.39, 0.29) is 12.5 Å². The highest BCUT2D eigenvalue weighted by atomic mass is 16.6. The van der Waals surface area contributed by atoms with Gasteiger partial charge in [-0.1, -0.05) is 64.7 Å². The zero-order chi connectivity index (χ0) is 16.7. The summed E-state index contributed by atoms with van der Waals surface area (Å²) in [5, 5.41) is 0. The Bertz CT molecular complexity index is 262. The van der Waals surface area contributed by atoms with Crippen LogP contribution >= 0.6 is 0 Å². The first-order valence-corrected chi connectivity index (χ1v) is 9.13. The molecular formula is C18H38N2O2. The summed E-state index contributed by atoms with van der Waals surface area (Å²) in [6, 6.07) is 0. The van der Waals surface area contributed by atoms with Crippen LogP contribution in [-0.2, 0) is 9.53 Å². The van der Waals surface area contributed by atoms with Crippen LogP contribution < -0.4 is 10.9 Å². The first kappa shape index (κ1) is 21.4.